The van der Waals surface area contributed by atoms with Crippen LogP contribution in [0, 0.1) is 0 Å². The van der Waals surface area contributed by atoms with E-state index >= 15 is 0 Å². The summed E-state index contributed by atoms with van der Waals surface area (Å²) in [7, 11) is 1.44. The molecule has 0 aliphatic rings. The number of nitrogens with zero attached hydrogens (tertiary/aromatic N) is 2. The molecule has 0 amide bonds. The highest BCUT2D eigenvalue weighted by molar-refractivity contribution is 9.10. The number of ether oxygens (including phenoxy) is 1. The van der Waals surface area contributed by atoms with Crippen LogP contribution in [-0.2, 0) is 6.61 Å². The average molecular weight is 337 g/mol. The molecule has 0 unspecified atom stereocenters. The molecule has 0 fully saturated rings. The molecule has 0 spiro atoms. The van der Waals surface area contributed by atoms with Gasteiger partial charge in [0.2, 0.25) is 0 Å². The second-order valence-electron chi connectivity index (χ2n) is 3.99. The summed E-state index contributed by atoms with van der Waals surface area (Å²) in [4.78, 5) is 0. The maximum atomic E-state index is 9.77. The number of phenols is 1. The van der Waals surface area contributed by atoms with E-state index in [9.17, 15) is 10.2 Å². The lowest BCUT2D eigenvalue weighted by atomic mass is 10.1. The van der Waals surface area contributed by atoms with Crippen LogP contribution in [0.15, 0.2) is 51.1 Å². The van der Waals surface area contributed by atoms with Crippen molar-refractivity contribution in [3.63, 3.8) is 0 Å². The van der Waals surface area contributed by atoms with Crippen molar-refractivity contribution in [1.82, 2.24) is 0 Å². The zero-order valence-corrected chi connectivity index (χ0v) is 12.3. The normalized spacial score (nSPS) is 10.9. The third-order valence-corrected chi connectivity index (χ3v) is 3.17. The summed E-state index contributed by atoms with van der Waals surface area (Å²) in [6.07, 6.45) is 0. The molecule has 0 aromatic heterocycles. The Bertz CT molecular complexity index is 602. The second-order valence-corrected chi connectivity index (χ2v) is 4.91. The summed E-state index contributed by atoms with van der Waals surface area (Å²) in [5.41, 5.74) is 1.53. The van der Waals surface area contributed by atoms with Crippen molar-refractivity contribution in [3.8, 4) is 11.5 Å². The van der Waals surface area contributed by atoms with Crippen LogP contribution in [0.4, 0.5) is 11.4 Å². The van der Waals surface area contributed by atoms with Gasteiger partial charge in [-0.25, -0.2) is 0 Å². The van der Waals surface area contributed by atoms with Gasteiger partial charge in [-0.15, -0.1) is 0 Å². The van der Waals surface area contributed by atoms with Crippen molar-refractivity contribution in [1.29, 1.82) is 0 Å². The van der Waals surface area contributed by atoms with Gasteiger partial charge in [0.05, 0.1) is 25.1 Å². The van der Waals surface area contributed by atoms with Crippen LogP contribution in [0.2, 0.25) is 0 Å². The largest absolute Gasteiger partial charge is 0.504 e. The van der Waals surface area contributed by atoms with E-state index in [2.05, 4.69) is 26.2 Å². The Labute approximate surface area is 124 Å². The van der Waals surface area contributed by atoms with Gasteiger partial charge in [0.25, 0.3) is 0 Å². The second kappa shape index (κ2) is 6.49. The zero-order chi connectivity index (χ0) is 14.5. The smallest absolute Gasteiger partial charge is 0.163 e. The summed E-state index contributed by atoms with van der Waals surface area (Å²) in [5.74, 6) is 0.166. The maximum absolute atomic E-state index is 9.77. The van der Waals surface area contributed by atoms with Gasteiger partial charge < -0.3 is 14.9 Å². The summed E-state index contributed by atoms with van der Waals surface area (Å²) in [5, 5.41) is 27.1. The summed E-state index contributed by atoms with van der Waals surface area (Å²) >= 11 is 3.34. The molecule has 0 aliphatic carbocycles. The number of hydrogen-bond acceptors (Lipinski definition) is 5. The van der Waals surface area contributed by atoms with Crippen LogP contribution >= 0.6 is 15.9 Å². The quantitative estimate of drug-likeness (QED) is 0.826. The van der Waals surface area contributed by atoms with Gasteiger partial charge in [-0.3, -0.25) is 0 Å². The Morgan fingerprint density at radius 3 is 2.35 bits per heavy atom. The molecular weight excluding hydrogens is 324 g/mol. The number of aliphatic hydroxyl groups is 1. The van der Waals surface area contributed by atoms with Crippen LogP contribution in [0.25, 0.3) is 0 Å². The maximum Gasteiger partial charge on any atom is 0.163 e. The van der Waals surface area contributed by atoms with Crippen molar-refractivity contribution in [2.75, 3.05) is 7.11 Å². The van der Waals surface area contributed by atoms with Gasteiger partial charge in [0, 0.05) is 16.1 Å². The lowest BCUT2D eigenvalue weighted by Crippen LogP contribution is -1.89. The van der Waals surface area contributed by atoms with Crippen LogP contribution in [0.3, 0.4) is 0 Å². The standard InChI is InChI=1S/C14H13BrN2O3/c1-20-13-7-12(6-9(8-18)14(13)19)17-16-11-4-2-10(15)3-5-11/h2-7,18-19H,8H2,1H3. The fourth-order valence-electron chi connectivity index (χ4n) is 1.61. The number of hydrogen-bond donors (Lipinski definition) is 2. The van der Waals surface area contributed by atoms with E-state index < -0.39 is 0 Å². The van der Waals surface area contributed by atoms with Gasteiger partial charge in [-0.05, 0) is 30.3 Å². The van der Waals surface area contributed by atoms with E-state index in [1.54, 1.807) is 12.1 Å². The van der Waals surface area contributed by atoms with Gasteiger partial charge in [-0.2, -0.15) is 10.2 Å². The molecule has 0 heterocycles. The average Bonchev–Trinajstić information content (AvgIpc) is 2.47. The molecule has 0 saturated heterocycles. The molecule has 2 aromatic rings. The third-order valence-electron chi connectivity index (χ3n) is 2.64. The molecule has 0 bridgehead atoms. The van der Waals surface area contributed by atoms with Crippen molar-refractivity contribution in [2.24, 2.45) is 10.2 Å². The van der Waals surface area contributed by atoms with Crippen LogP contribution in [0.5, 0.6) is 11.5 Å². The van der Waals surface area contributed by atoms with E-state index in [-0.39, 0.29) is 18.1 Å². The predicted molar refractivity (Wildman–Crippen MR) is 78.9 cm³/mol. The number of aliphatic hydroxyl groups excluding tert-OH is 1. The number of methoxy groups -OCH3 is 1. The number of aromatic hydroxyl groups is 1. The van der Waals surface area contributed by atoms with Gasteiger partial charge in [0.15, 0.2) is 11.5 Å². The van der Waals surface area contributed by atoms with Crippen LogP contribution < -0.4 is 4.74 Å². The minimum Gasteiger partial charge on any atom is -0.504 e. The zero-order valence-electron chi connectivity index (χ0n) is 10.7. The first-order chi connectivity index (χ1) is 9.63. The molecule has 0 atom stereocenters. The van der Waals surface area contributed by atoms with E-state index in [0.717, 1.165) is 4.47 Å². The van der Waals surface area contributed by atoms with Crippen molar-refractivity contribution >= 4 is 27.3 Å². The topological polar surface area (TPSA) is 74.4 Å². The summed E-state index contributed by atoms with van der Waals surface area (Å²) < 4.78 is 5.99. The molecule has 0 aliphatic heterocycles. The third kappa shape index (κ3) is 3.34. The SMILES string of the molecule is COc1cc(N=Nc2ccc(Br)cc2)cc(CO)c1O. The van der Waals surface area contributed by atoms with E-state index in [0.29, 0.717) is 16.9 Å². The summed E-state index contributed by atoms with van der Waals surface area (Å²) in [6.45, 7) is -0.302. The first-order valence-corrected chi connectivity index (χ1v) is 6.61. The van der Waals surface area contributed by atoms with Crippen molar-refractivity contribution < 1.29 is 14.9 Å². The molecule has 2 aromatic carbocycles. The lowest BCUT2D eigenvalue weighted by Gasteiger charge is -2.07. The summed E-state index contributed by atoms with van der Waals surface area (Å²) in [6, 6.07) is 10.5. The Morgan fingerprint density at radius 2 is 1.75 bits per heavy atom. The molecular formula is C14H13BrN2O3. The number of rotatable bonds is 4. The van der Waals surface area contributed by atoms with Crippen LogP contribution in [0.1, 0.15) is 5.56 Å². The van der Waals surface area contributed by atoms with Crippen molar-refractivity contribution in [3.05, 3.63) is 46.4 Å². The molecule has 0 saturated carbocycles. The fraction of sp³-hybridized carbons (Fsp3) is 0.143. The van der Waals surface area contributed by atoms with E-state index in [1.807, 2.05) is 24.3 Å². The monoisotopic (exact) mass is 336 g/mol. The molecule has 6 heteroatoms. The first-order valence-electron chi connectivity index (χ1n) is 5.82. The van der Waals surface area contributed by atoms with Gasteiger partial charge >= 0.3 is 0 Å². The minimum atomic E-state index is -0.302. The molecule has 20 heavy (non-hydrogen) atoms. The van der Waals surface area contributed by atoms with Crippen LogP contribution in [-0.4, -0.2) is 17.3 Å². The molecule has 0 radical (unpaired) electrons. The molecule has 2 N–H and O–H groups in total. The molecule has 5 nitrogen and oxygen atoms in total. The van der Waals surface area contributed by atoms with Crippen molar-refractivity contribution in [2.45, 2.75) is 6.61 Å². The highest BCUT2D eigenvalue weighted by Crippen LogP contribution is 2.35. The van der Waals surface area contributed by atoms with E-state index in [1.165, 1.54) is 7.11 Å². The molecule has 104 valence electrons. The Balaban J connectivity index is 2.31. The Kier molecular flexibility index (Phi) is 4.70. The van der Waals surface area contributed by atoms with E-state index in [4.69, 9.17) is 4.74 Å². The number of azo groups is 1. The van der Waals surface area contributed by atoms with Gasteiger partial charge in [0.1, 0.15) is 0 Å². The van der Waals surface area contributed by atoms with Gasteiger partial charge in [-0.1, -0.05) is 15.9 Å². The lowest BCUT2D eigenvalue weighted by molar-refractivity contribution is 0.272. The fourth-order valence-corrected chi connectivity index (χ4v) is 1.87. The predicted octanol–water partition coefficient (Wildman–Crippen LogP) is 4.07. The molecule has 2 rings (SSSR count). The number of benzene rings is 2. The Morgan fingerprint density at radius 1 is 1.10 bits per heavy atom. The highest BCUT2D eigenvalue weighted by Gasteiger charge is 2.09. The Hall–Kier alpha value is -1.92. The highest BCUT2D eigenvalue weighted by atomic mass is 79.9. The minimum absolute atomic E-state index is 0.0856. The first kappa shape index (κ1) is 14.5. The number of halogens is 1.